The van der Waals surface area contributed by atoms with Crippen molar-refractivity contribution in [1.29, 1.82) is 0 Å². The molecule has 2 rings (SSSR count). The molecule has 32 heavy (non-hydrogen) atoms. The number of benzene rings is 2. The summed E-state index contributed by atoms with van der Waals surface area (Å²) in [6.45, 7) is 3.19. The summed E-state index contributed by atoms with van der Waals surface area (Å²) in [6.07, 6.45) is 14.6. The van der Waals surface area contributed by atoms with Crippen molar-refractivity contribution in [3.05, 3.63) is 59.7 Å². The molecule has 0 saturated heterocycles. The Morgan fingerprint density at radius 2 is 1.22 bits per heavy atom. The van der Waals surface area contributed by atoms with Gasteiger partial charge in [-0.15, -0.1) is 0 Å². The Morgan fingerprint density at radius 1 is 0.719 bits per heavy atom. The van der Waals surface area contributed by atoms with Crippen LogP contribution in [0.25, 0.3) is 0 Å². The number of carbonyl (C=O) groups is 2. The minimum atomic E-state index is -1.01. The lowest BCUT2D eigenvalue weighted by atomic mass is 10.1. The van der Waals surface area contributed by atoms with Crippen LogP contribution < -0.4 is 10.1 Å². The van der Waals surface area contributed by atoms with Crippen LogP contribution in [0, 0.1) is 0 Å². The molecule has 5 nitrogen and oxygen atoms in total. The van der Waals surface area contributed by atoms with Crippen molar-refractivity contribution in [3.8, 4) is 5.75 Å². The van der Waals surface area contributed by atoms with Gasteiger partial charge < -0.3 is 15.2 Å². The Balaban J connectivity index is 1.57. The fourth-order valence-electron chi connectivity index (χ4n) is 3.58. The molecule has 0 aromatic heterocycles. The molecule has 0 aliphatic carbocycles. The average molecular weight is 440 g/mol. The zero-order chi connectivity index (χ0) is 23.0. The van der Waals surface area contributed by atoms with E-state index in [1.54, 1.807) is 12.1 Å². The fourth-order valence-corrected chi connectivity index (χ4v) is 3.58. The predicted octanol–water partition coefficient (Wildman–Crippen LogP) is 7.33. The molecule has 174 valence electrons. The second-order valence-electron chi connectivity index (χ2n) is 8.26. The second-order valence-corrected chi connectivity index (χ2v) is 8.26. The van der Waals surface area contributed by atoms with Crippen LogP contribution in [-0.4, -0.2) is 23.6 Å². The van der Waals surface area contributed by atoms with E-state index in [4.69, 9.17) is 9.84 Å². The molecule has 0 aliphatic heterocycles. The number of unbranched alkanes of at least 4 members (excludes halogenated alkanes) is 10. The summed E-state index contributed by atoms with van der Waals surface area (Å²) >= 11 is 0. The Bertz CT molecular complexity index is 799. The molecular formula is C27H37NO4. The normalized spacial score (nSPS) is 10.7. The van der Waals surface area contributed by atoms with Crippen molar-refractivity contribution in [2.24, 2.45) is 0 Å². The fraction of sp³-hybridized carbons (Fsp3) is 0.481. The highest BCUT2D eigenvalue weighted by atomic mass is 16.5. The summed E-state index contributed by atoms with van der Waals surface area (Å²) in [4.78, 5) is 23.1. The maximum atomic E-state index is 12.3. The van der Waals surface area contributed by atoms with Crippen molar-refractivity contribution >= 4 is 17.6 Å². The van der Waals surface area contributed by atoms with Gasteiger partial charge in [-0.25, -0.2) is 9.59 Å². The number of nitrogens with one attached hydrogen (secondary N) is 1. The van der Waals surface area contributed by atoms with E-state index in [0.717, 1.165) is 18.7 Å². The highest BCUT2D eigenvalue weighted by Gasteiger charge is 2.09. The van der Waals surface area contributed by atoms with Crippen molar-refractivity contribution < 1.29 is 19.4 Å². The van der Waals surface area contributed by atoms with Crippen LogP contribution in [0.15, 0.2) is 48.5 Å². The minimum absolute atomic E-state index is 0.151. The first-order valence-electron chi connectivity index (χ1n) is 12.0. The number of aromatic carboxylic acids is 1. The summed E-state index contributed by atoms with van der Waals surface area (Å²) in [6, 6.07) is 13.0. The molecule has 0 aliphatic rings. The van der Waals surface area contributed by atoms with Gasteiger partial charge in [0.15, 0.2) is 0 Å². The molecule has 0 bridgehead atoms. The van der Waals surface area contributed by atoms with E-state index in [1.807, 2.05) is 12.1 Å². The lowest BCUT2D eigenvalue weighted by Gasteiger charge is -2.08. The molecule has 0 heterocycles. The van der Waals surface area contributed by atoms with Crippen molar-refractivity contribution in [1.82, 2.24) is 0 Å². The number of hydrogen-bond donors (Lipinski definition) is 2. The number of carboxylic acid groups (broad SMARTS) is 1. The van der Waals surface area contributed by atoms with Crippen LogP contribution in [0.3, 0.4) is 0 Å². The summed E-state index contributed by atoms with van der Waals surface area (Å²) < 4.78 is 5.30. The van der Waals surface area contributed by atoms with Crippen LogP contribution in [0.5, 0.6) is 5.75 Å². The molecule has 0 amide bonds. The van der Waals surface area contributed by atoms with E-state index in [2.05, 4.69) is 12.2 Å². The molecule has 2 aromatic carbocycles. The number of rotatable bonds is 16. The van der Waals surface area contributed by atoms with E-state index in [-0.39, 0.29) is 5.56 Å². The van der Waals surface area contributed by atoms with Gasteiger partial charge in [0.25, 0.3) is 0 Å². The van der Waals surface area contributed by atoms with Gasteiger partial charge in [-0.3, -0.25) is 0 Å². The zero-order valence-corrected chi connectivity index (χ0v) is 19.3. The third-order valence-corrected chi connectivity index (χ3v) is 5.54. The molecule has 2 N–H and O–H groups in total. The summed E-state index contributed by atoms with van der Waals surface area (Å²) in [5, 5.41) is 12.3. The third-order valence-electron chi connectivity index (χ3n) is 5.54. The van der Waals surface area contributed by atoms with Gasteiger partial charge in [-0.2, -0.15) is 0 Å². The van der Waals surface area contributed by atoms with E-state index >= 15 is 0 Å². The highest BCUT2D eigenvalue weighted by molar-refractivity contribution is 5.92. The molecule has 0 unspecified atom stereocenters. The second kappa shape index (κ2) is 15.1. The number of ether oxygens (including phenoxy) is 1. The van der Waals surface area contributed by atoms with Crippen molar-refractivity contribution in [2.75, 3.05) is 11.9 Å². The van der Waals surface area contributed by atoms with E-state index in [9.17, 15) is 9.59 Å². The maximum absolute atomic E-state index is 12.3. The Hall–Kier alpha value is -2.82. The van der Waals surface area contributed by atoms with Gasteiger partial charge in [-0.05, 0) is 55.0 Å². The number of anilines is 1. The standard InChI is InChI=1S/C27H37NO4/c1-2-3-4-5-6-7-8-9-10-11-12-21-28-24-17-13-23(14-18-24)27(31)32-25-19-15-22(16-20-25)26(29)30/h13-20,28H,2-12,21H2,1H3,(H,29,30). The Labute approximate surface area is 192 Å². The van der Waals surface area contributed by atoms with Crippen LogP contribution >= 0.6 is 0 Å². The third kappa shape index (κ3) is 9.99. The predicted molar refractivity (Wildman–Crippen MR) is 130 cm³/mol. The highest BCUT2D eigenvalue weighted by Crippen LogP contribution is 2.16. The van der Waals surface area contributed by atoms with Crippen LogP contribution in [-0.2, 0) is 0 Å². The quantitative estimate of drug-likeness (QED) is 0.163. The van der Waals surface area contributed by atoms with Crippen molar-refractivity contribution in [2.45, 2.75) is 77.6 Å². The average Bonchev–Trinajstić information content (AvgIpc) is 2.80. The SMILES string of the molecule is CCCCCCCCCCCCCNc1ccc(C(=O)Oc2ccc(C(=O)O)cc2)cc1. The monoisotopic (exact) mass is 439 g/mol. The Kier molecular flexibility index (Phi) is 12.0. The summed E-state index contributed by atoms with van der Waals surface area (Å²) in [5.74, 6) is -1.16. The van der Waals surface area contributed by atoms with Crippen molar-refractivity contribution in [3.63, 3.8) is 0 Å². The van der Waals surface area contributed by atoms with Gasteiger partial charge in [0.2, 0.25) is 0 Å². The van der Waals surface area contributed by atoms with Crippen LogP contribution in [0.2, 0.25) is 0 Å². The molecular weight excluding hydrogens is 402 g/mol. The smallest absolute Gasteiger partial charge is 0.343 e. The van der Waals surface area contributed by atoms with Gasteiger partial charge >= 0.3 is 11.9 Å². The van der Waals surface area contributed by atoms with E-state index in [0.29, 0.717) is 11.3 Å². The lowest BCUT2D eigenvalue weighted by molar-refractivity contribution is 0.0696. The number of carboxylic acids is 1. The molecule has 2 aromatic rings. The van der Waals surface area contributed by atoms with Crippen LogP contribution in [0.1, 0.15) is 98.3 Å². The maximum Gasteiger partial charge on any atom is 0.343 e. The molecule has 0 atom stereocenters. The molecule has 0 fully saturated rings. The Morgan fingerprint density at radius 3 is 1.75 bits per heavy atom. The summed E-state index contributed by atoms with van der Waals surface area (Å²) in [7, 11) is 0. The molecule has 0 spiro atoms. The van der Waals surface area contributed by atoms with Gasteiger partial charge in [0.1, 0.15) is 5.75 Å². The first-order chi connectivity index (χ1) is 15.6. The molecule has 0 radical (unpaired) electrons. The summed E-state index contributed by atoms with van der Waals surface area (Å²) in [5.41, 5.74) is 1.59. The largest absolute Gasteiger partial charge is 0.478 e. The van der Waals surface area contributed by atoms with Gasteiger partial charge in [0, 0.05) is 12.2 Å². The number of hydrogen-bond acceptors (Lipinski definition) is 4. The lowest BCUT2D eigenvalue weighted by Crippen LogP contribution is -2.09. The molecule has 0 saturated carbocycles. The minimum Gasteiger partial charge on any atom is -0.478 e. The number of esters is 1. The number of carbonyl (C=O) groups excluding carboxylic acids is 1. The zero-order valence-electron chi connectivity index (χ0n) is 19.3. The first kappa shape index (κ1) is 25.4. The van der Waals surface area contributed by atoms with E-state index < -0.39 is 11.9 Å². The van der Waals surface area contributed by atoms with Gasteiger partial charge in [-0.1, -0.05) is 71.1 Å². The van der Waals surface area contributed by atoms with Gasteiger partial charge in [0.05, 0.1) is 11.1 Å². The van der Waals surface area contributed by atoms with E-state index in [1.165, 1.54) is 88.5 Å². The first-order valence-corrected chi connectivity index (χ1v) is 12.0. The topological polar surface area (TPSA) is 75.6 Å². The van der Waals surface area contributed by atoms with Crippen LogP contribution in [0.4, 0.5) is 5.69 Å². The molecule has 5 heteroatoms.